The van der Waals surface area contributed by atoms with E-state index in [9.17, 15) is 4.79 Å². The summed E-state index contributed by atoms with van der Waals surface area (Å²) < 4.78 is 0. The van der Waals surface area contributed by atoms with Crippen molar-refractivity contribution < 1.29 is 9.90 Å². The van der Waals surface area contributed by atoms with Gasteiger partial charge < -0.3 is 5.11 Å². The van der Waals surface area contributed by atoms with Crippen molar-refractivity contribution in [2.75, 3.05) is 20.1 Å². The van der Waals surface area contributed by atoms with Crippen molar-refractivity contribution in [3.63, 3.8) is 0 Å². The fourth-order valence-corrected chi connectivity index (χ4v) is 2.62. The molecule has 5 nitrogen and oxygen atoms in total. The van der Waals surface area contributed by atoms with Crippen LogP contribution in [0.1, 0.15) is 19.0 Å². The lowest BCUT2D eigenvalue weighted by Crippen LogP contribution is -2.56. The highest BCUT2D eigenvalue weighted by atomic mass is 16.4. The Morgan fingerprint density at radius 1 is 1.47 bits per heavy atom. The molecule has 1 aliphatic rings. The Morgan fingerprint density at radius 3 is 2.89 bits per heavy atom. The van der Waals surface area contributed by atoms with Gasteiger partial charge in [0, 0.05) is 37.9 Å². The Hall–Kier alpha value is -1.46. The molecule has 0 aromatic carbocycles. The summed E-state index contributed by atoms with van der Waals surface area (Å²) in [4.78, 5) is 19.7. The van der Waals surface area contributed by atoms with E-state index in [-0.39, 0.29) is 12.5 Å². The minimum atomic E-state index is -0.733. The van der Waals surface area contributed by atoms with Gasteiger partial charge in [-0.25, -0.2) is 0 Å². The van der Waals surface area contributed by atoms with E-state index in [2.05, 4.69) is 21.7 Å². The summed E-state index contributed by atoms with van der Waals surface area (Å²) in [5, 5.41) is 8.99. The van der Waals surface area contributed by atoms with Gasteiger partial charge in [-0.3, -0.25) is 19.6 Å². The van der Waals surface area contributed by atoms with Crippen LogP contribution >= 0.6 is 0 Å². The second kappa shape index (κ2) is 6.12. The van der Waals surface area contributed by atoms with Gasteiger partial charge in [-0.2, -0.15) is 0 Å². The van der Waals surface area contributed by atoms with Crippen LogP contribution in [0.4, 0.5) is 0 Å². The van der Waals surface area contributed by atoms with Crippen molar-refractivity contribution in [3.8, 4) is 0 Å². The fourth-order valence-electron chi connectivity index (χ4n) is 2.62. The van der Waals surface area contributed by atoms with E-state index < -0.39 is 5.97 Å². The van der Waals surface area contributed by atoms with Gasteiger partial charge in [0.25, 0.3) is 0 Å². The Labute approximate surface area is 113 Å². The molecule has 2 rings (SSSR count). The third-order valence-corrected chi connectivity index (χ3v) is 3.78. The molecule has 0 saturated carbocycles. The summed E-state index contributed by atoms with van der Waals surface area (Å²) >= 11 is 0. The number of hydrogen-bond donors (Lipinski definition) is 1. The summed E-state index contributed by atoms with van der Waals surface area (Å²) in [5.74, 6) is -0.733. The number of carbonyl (C=O) groups is 1. The lowest BCUT2D eigenvalue weighted by molar-refractivity contribution is -0.139. The number of aliphatic carboxylic acids is 1. The van der Waals surface area contributed by atoms with E-state index in [4.69, 9.17) is 5.11 Å². The van der Waals surface area contributed by atoms with E-state index in [1.54, 1.807) is 6.20 Å². The average molecular weight is 263 g/mol. The molecule has 19 heavy (non-hydrogen) atoms. The molecular formula is C14H21N3O2. The molecule has 1 saturated heterocycles. The first kappa shape index (κ1) is 14.0. The number of hydrogen-bond acceptors (Lipinski definition) is 4. The zero-order valence-electron chi connectivity index (χ0n) is 11.5. The Morgan fingerprint density at radius 2 is 2.26 bits per heavy atom. The molecule has 104 valence electrons. The number of piperazine rings is 1. The zero-order chi connectivity index (χ0) is 13.8. The number of nitrogens with zero attached hydrogens (tertiary/aromatic N) is 3. The predicted molar refractivity (Wildman–Crippen MR) is 72.8 cm³/mol. The van der Waals surface area contributed by atoms with Gasteiger partial charge in [0.15, 0.2) is 0 Å². The molecule has 0 aliphatic carbocycles. The largest absolute Gasteiger partial charge is 0.481 e. The van der Waals surface area contributed by atoms with Gasteiger partial charge in [-0.15, -0.1) is 0 Å². The van der Waals surface area contributed by atoms with Crippen molar-refractivity contribution in [1.29, 1.82) is 0 Å². The smallest absolute Gasteiger partial charge is 0.304 e. The van der Waals surface area contributed by atoms with Gasteiger partial charge in [0.2, 0.25) is 0 Å². The van der Waals surface area contributed by atoms with Crippen molar-refractivity contribution in [2.24, 2.45) is 0 Å². The quantitative estimate of drug-likeness (QED) is 0.880. The number of carboxylic acids is 1. The maximum atomic E-state index is 10.9. The second-order valence-corrected chi connectivity index (χ2v) is 5.28. The van der Waals surface area contributed by atoms with Crippen molar-refractivity contribution in [3.05, 3.63) is 30.1 Å². The highest BCUT2D eigenvalue weighted by molar-refractivity contribution is 5.67. The molecule has 1 aliphatic heterocycles. The van der Waals surface area contributed by atoms with Gasteiger partial charge in [0.05, 0.1) is 12.1 Å². The zero-order valence-corrected chi connectivity index (χ0v) is 11.5. The molecule has 5 heteroatoms. The normalized spacial score (nSPS) is 25.4. The monoisotopic (exact) mass is 263 g/mol. The number of rotatable bonds is 4. The van der Waals surface area contributed by atoms with E-state index >= 15 is 0 Å². The third-order valence-electron chi connectivity index (χ3n) is 3.78. The van der Waals surface area contributed by atoms with Crippen LogP contribution in [0.15, 0.2) is 24.4 Å². The highest BCUT2D eigenvalue weighted by Gasteiger charge is 2.30. The molecule has 0 bridgehead atoms. The Bertz CT molecular complexity index is 424. The van der Waals surface area contributed by atoms with Crippen molar-refractivity contribution in [1.82, 2.24) is 14.8 Å². The minimum absolute atomic E-state index is 0.0740. The minimum Gasteiger partial charge on any atom is -0.481 e. The van der Waals surface area contributed by atoms with Gasteiger partial charge in [-0.05, 0) is 26.1 Å². The van der Waals surface area contributed by atoms with E-state index in [0.717, 1.165) is 25.3 Å². The van der Waals surface area contributed by atoms with Crippen LogP contribution in [-0.2, 0) is 11.3 Å². The summed E-state index contributed by atoms with van der Waals surface area (Å²) in [6.45, 7) is 4.65. The topological polar surface area (TPSA) is 56.7 Å². The van der Waals surface area contributed by atoms with E-state index in [1.165, 1.54) is 0 Å². The van der Waals surface area contributed by atoms with Crippen molar-refractivity contribution in [2.45, 2.75) is 32.0 Å². The van der Waals surface area contributed by atoms with Crippen molar-refractivity contribution >= 4 is 5.97 Å². The summed E-state index contributed by atoms with van der Waals surface area (Å²) in [5.41, 5.74) is 1.04. The second-order valence-electron chi connectivity index (χ2n) is 5.28. The SMILES string of the molecule is CC1CN(Cc2ccccn2)CC(CC(=O)O)N1C. The number of likely N-dealkylation sites (N-methyl/N-ethyl adjacent to an activating group) is 1. The lowest BCUT2D eigenvalue weighted by Gasteiger charge is -2.43. The molecule has 1 N–H and O–H groups in total. The molecular weight excluding hydrogens is 242 g/mol. The van der Waals surface area contributed by atoms with Crippen LogP contribution in [0.3, 0.4) is 0 Å². The van der Waals surface area contributed by atoms with Gasteiger partial charge in [-0.1, -0.05) is 6.07 Å². The predicted octanol–water partition coefficient (Wildman–Crippen LogP) is 1.06. The molecule has 1 aromatic rings. The summed E-state index contributed by atoms with van der Waals surface area (Å²) in [6, 6.07) is 6.33. The van der Waals surface area contributed by atoms with Crippen LogP contribution in [0, 0.1) is 0 Å². The molecule has 2 unspecified atom stereocenters. The summed E-state index contributed by atoms with van der Waals surface area (Å²) in [7, 11) is 2.01. The van der Waals surface area contributed by atoms with Crippen LogP contribution < -0.4 is 0 Å². The molecule has 2 heterocycles. The molecule has 2 atom stereocenters. The standard InChI is InChI=1S/C14H21N3O2/c1-11-8-17(9-12-5-3-4-6-15-12)10-13(16(11)2)7-14(18)19/h3-6,11,13H,7-10H2,1-2H3,(H,18,19). The molecule has 0 radical (unpaired) electrons. The first-order valence-corrected chi connectivity index (χ1v) is 6.62. The first-order valence-electron chi connectivity index (χ1n) is 6.62. The molecule has 0 spiro atoms. The highest BCUT2D eigenvalue weighted by Crippen LogP contribution is 2.17. The fraction of sp³-hybridized carbons (Fsp3) is 0.571. The molecule has 1 aromatic heterocycles. The van der Waals surface area contributed by atoms with Crippen LogP contribution in [0.5, 0.6) is 0 Å². The third kappa shape index (κ3) is 3.75. The number of aromatic nitrogens is 1. The van der Waals surface area contributed by atoms with Gasteiger partial charge in [0.1, 0.15) is 0 Å². The number of carboxylic acid groups (broad SMARTS) is 1. The van der Waals surface area contributed by atoms with Gasteiger partial charge >= 0.3 is 5.97 Å². The van der Waals surface area contributed by atoms with Crippen LogP contribution in [0.25, 0.3) is 0 Å². The van der Waals surface area contributed by atoms with Crippen LogP contribution in [0.2, 0.25) is 0 Å². The lowest BCUT2D eigenvalue weighted by atomic mass is 10.0. The first-order chi connectivity index (χ1) is 9.06. The summed E-state index contributed by atoms with van der Waals surface area (Å²) in [6.07, 6.45) is 1.99. The van der Waals surface area contributed by atoms with E-state index in [0.29, 0.717) is 6.04 Å². The molecule has 0 amide bonds. The van der Waals surface area contributed by atoms with E-state index in [1.807, 2.05) is 25.2 Å². The number of pyridine rings is 1. The average Bonchev–Trinajstić information content (AvgIpc) is 2.36. The Balaban J connectivity index is 2.00. The maximum Gasteiger partial charge on any atom is 0.304 e. The Kier molecular flexibility index (Phi) is 4.50. The molecule has 1 fully saturated rings. The maximum absolute atomic E-state index is 10.9. The van der Waals surface area contributed by atoms with Crippen LogP contribution in [-0.4, -0.2) is 58.1 Å².